The summed E-state index contributed by atoms with van der Waals surface area (Å²) in [7, 11) is 0. The first-order chi connectivity index (χ1) is 11.5. The van der Waals surface area contributed by atoms with Gasteiger partial charge in [0, 0.05) is 4.91 Å². The minimum absolute atomic E-state index is 0.153. The van der Waals surface area contributed by atoms with E-state index in [1.165, 1.54) is 0 Å². The molecule has 130 valence electrons. The molecule has 0 spiro atoms. The van der Waals surface area contributed by atoms with Gasteiger partial charge in [0.1, 0.15) is 12.2 Å². The van der Waals surface area contributed by atoms with Gasteiger partial charge in [-0.3, -0.25) is 0 Å². The predicted molar refractivity (Wildman–Crippen MR) is 83.7 cm³/mol. The Morgan fingerprint density at radius 2 is 2.04 bits per heavy atom. The number of hydrogen-bond acceptors (Lipinski definition) is 6. The highest BCUT2D eigenvalue weighted by atomic mass is 16.8. The summed E-state index contributed by atoms with van der Waals surface area (Å²) in [5.74, 6) is -0.863. The van der Waals surface area contributed by atoms with E-state index in [2.05, 4.69) is 10.0 Å². The van der Waals surface area contributed by atoms with Gasteiger partial charge in [-0.1, -0.05) is 35.4 Å². The van der Waals surface area contributed by atoms with E-state index in [1.54, 1.807) is 13.8 Å². The minimum atomic E-state index is -1.03. The summed E-state index contributed by atoms with van der Waals surface area (Å²) < 4.78 is 22.8. The fourth-order valence-corrected chi connectivity index (χ4v) is 2.96. The molecule has 2 fully saturated rings. The second kappa shape index (κ2) is 7.06. The molecule has 2 saturated heterocycles. The molecule has 0 unspecified atom stereocenters. The van der Waals surface area contributed by atoms with Crippen LogP contribution in [0.4, 0.5) is 0 Å². The molecule has 0 aromatic heterocycles. The molecule has 8 heteroatoms. The van der Waals surface area contributed by atoms with Gasteiger partial charge in [0.2, 0.25) is 0 Å². The first-order valence-corrected chi connectivity index (χ1v) is 7.85. The number of aliphatic hydroxyl groups excluding tert-OH is 1. The van der Waals surface area contributed by atoms with Crippen LogP contribution >= 0.6 is 0 Å². The third-order valence-corrected chi connectivity index (χ3v) is 4.04. The number of nitrogens with zero attached hydrogens (tertiary/aromatic N) is 3. The zero-order chi connectivity index (χ0) is 17.2. The van der Waals surface area contributed by atoms with Gasteiger partial charge in [-0.25, -0.2) is 0 Å². The molecule has 0 radical (unpaired) electrons. The highest BCUT2D eigenvalue weighted by Crippen LogP contribution is 2.37. The standard InChI is InChI=1S/C16H21N3O5/c1-16(2)23-14-12(18-19-17)13(20)11(22-15(14)24-16)9-21-8-10-6-4-3-5-7-10/h3-7,11-15,20H,8-9H2,1-2H3/t11-,12+,13-,14-,15-/m1/s1. The molecule has 0 bridgehead atoms. The van der Waals surface area contributed by atoms with Crippen molar-refractivity contribution >= 4 is 0 Å². The average molecular weight is 335 g/mol. The summed E-state index contributed by atoms with van der Waals surface area (Å²) in [5, 5.41) is 14.1. The van der Waals surface area contributed by atoms with E-state index in [1.807, 2.05) is 30.3 Å². The lowest BCUT2D eigenvalue weighted by Crippen LogP contribution is -2.56. The zero-order valence-electron chi connectivity index (χ0n) is 13.6. The number of benzene rings is 1. The minimum Gasteiger partial charge on any atom is -0.390 e. The Balaban J connectivity index is 1.64. The maximum atomic E-state index is 10.5. The van der Waals surface area contributed by atoms with Crippen molar-refractivity contribution in [1.29, 1.82) is 0 Å². The third kappa shape index (κ3) is 3.70. The predicted octanol–water partition coefficient (Wildman–Crippen LogP) is 2.12. The van der Waals surface area contributed by atoms with Crippen LogP contribution in [0.1, 0.15) is 19.4 Å². The number of azide groups is 1. The lowest BCUT2D eigenvalue weighted by Gasteiger charge is -2.38. The summed E-state index contributed by atoms with van der Waals surface area (Å²) >= 11 is 0. The molecule has 0 aliphatic carbocycles. The van der Waals surface area contributed by atoms with Crippen LogP contribution in [0.3, 0.4) is 0 Å². The summed E-state index contributed by atoms with van der Waals surface area (Å²) in [5.41, 5.74) is 9.80. The molecular weight excluding hydrogens is 314 g/mol. The van der Waals surface area contributed by atoms with E-state index >= 15 is 0 Å². The van der Waals surface area contributed by atoms with Crippen LogP contribution in [0.25, 0.3) is 10.4 Å². The number of hydrogen-bond donors (Lipinski definition) is 1. The number of rotatable bonds is 5. The van der Waals surface area contributed by atoms with Crippen LogP contribution < -0.4 is 0 Å². The van der Waals surface area contributed by atoms with Crippen molar-refractivity contribution in [2.24, 2.45) is 5.11 Å². The molecule has 0 saturated carbocycles. The van der Waals surface area contributed by atoms with Gasteiger partial charge in [0.15, 0.2) is 12.1 Å². The molecule has 8 nitrogen and oxygen atoms in total. The van der Waals surface area contributed by atoms with Crippen molar-refractivity contribution in [3.8, 4) is 0 Å². The van der Waals surface area contributed by atoms with E-state index in [0.717, 1.165) is 5.56 Å². The van der Waals surface area contributed by atoms with Crippen LogP contribution in [0.5, 0.6) is 0 Å². The fourth-order valence-electron chi connectivity index (χ4n) is 2.96. The molecule has 1 N–H and O–H groups in total. The third-order valence-electron chi connectivity index (χ3n) is 4.04. The smallest absolute Gasteiger partial charge is 0.188 e. The Morgan fingerprint density at radius 1 is 1.29 bits per heavy atom. The zero-order valence-corrected chi connectivity index (χ0v) is 13.6. The Bertz CT molecular complexity index is 605. The molecule has 0 amide bonds. The maximum absolute atomic E-state index is 10.5. The van der Waals surface area contributed by atoms with Crippen LogP contribution in [0, 0.1) is 0 Å². The summed E-state index contributed by atoms with van der Waals surface area (Å²) in [6.07, 6.45) is -3.04. The van der Waals surface area contributed by atoms with Crippen LogP contribution in [-0.4, -0.2) is 48.1 Å². The SMILES string of the molecule is CC1(C)O[C@H]2O[C@H](COCc3ccccc3)[C@@H](O)[C@H](N=[N+]=[N-])[C@H]2O1. The topological polar surface area (TPSA) is 106 Å². The van der Waals surface area contributed by atoms with Crippen molar-refractivity contribution in [2.45, 2.75) is 56.9 Å². The Hall–Kier alpha value is -1.67. The van der Waals surface area contributed by atoms with E-state index in [-0.39, 0.29) is 6.61 Å². The van der Waals surface area contributed by atoms with Crippen molar-refractivity contribution < 1.29 is 24.1 Å². The first kappa shape index (κ1) is 17.2. The Labute approximate surface area is 139 Å². The second-order valence-corrected chi connectivity index (χ2v) is 6.33. The van der Waals surface area contributed by atoms with Gasteiger partial charge in [-0.15, -0.1) is 0 Å². The van der Waals surface area contributed by atoms with Crippen LogP contribution in [-0.2, 0) is 25.6 Å². The van der Waals surface area contributed by atoms with Gasteiger partial charge < -0.3 is 24.1 Å². The normalized spacial score (nSPS) is 34.4. The van der Waals surface area contributed by atoms with E-state index in [9.17, 15) is 5.11 Å². The van der Waals surface area contributed by atoms with Gasteiger partial charge in [-0.05, 0) is 24.9 Å². The molecule has 1 aromatic rings. The lowest BCUT2D eigenvalue weighted by molar-refractivity contribution is -0.240. The van der Waals surface area contributed by atoms with Crippen LogP contribution in [0.15, 0.2) is 35.4 Å². The molecule has 24 heavy (non-hydrogen) atoms. The lowest BCUT2D eigenvalue weighted by atomic mass is 9.97. The molecule has 3 rings (SSSR count). The average Bonchev–Trinajstić information content (AvgIpc) is 2.86. The number of fused-ring (bicyclic) bond motifs is 1. The van der Waals surface area contributed by atoms with Crippen molar-refractivity contribution in [1.82, 2.24) is 0 Å². The largest absolute Gasteiger partial charge is 0.390 e. The van der Waals surface area contributed by atoms with Gasteiger partial charge in [-0.2, -0.15) is 0 Å². The van der Waals surface area contributed by atoms with Gasteiger partial charge >= 0.3 is 0 Å². The highest BCUT2D eigenvalue weighted by Gasteiger charge is 2.53. The van der Waals surface area contributed by atoms with Gasteiger partial charge in [0.25, 0.3) is 0 Å². The van der Waals surface area contributed by atoms with Gasteiger partial charge in [0.05, 0.1) is 25.4 Å². The summed E-state index contributed by atoms with van der Waals surface area (Å²) in [6.45, 7) is 4.04. The van der Waals surface area contributed by atoms with Crippen molar-refractivity contribution in [3.05, 3.63) is 46.3 Å². The molecule has 5 atom stereocenters. The molecular formula is C16H21N3O5. The molecule has 2 aliphatic heterocycles. The number of ether oxygens (including phenoxy) is 4. The monoisotopic (exact) mass is 335 g/mol. The van der Waals surface area contributed by atoms with E-state index in [0.29, 0.717) is 6.61 Å². The summed E-state index contributed by atoms with van der Waals surface area (Å²) in [4.78, 5) is 2.81. The van der Waals surface area contributed by atoms with Crippen molar-refractivity contribution in [3.63, 3.8) is 0 Å². The summed E-state index contributed by atoms with van der Waals surface area (Å²) in [6, 6.07) is 8.90. The molecule has 2 heterocycles. The van der Waals surface area contributed by atoms with Crippen molar-refractivity contribution in [2.75, 3.05) is 6.61 Å². The Kier molecular flexibility index (Phi) is 5.05. The first-order valence-electron chi connectivity index (χ1n) is 7.85. The molecule has 2 aliphatic rings. The van der Waals surface area contributed by atoms with Crippen LogP contribution in [0.2, 0.25) is 0 Å². The Morgan fingerprint density at radius 3 is 2.75 bits per heavy atom. The molecule has 1 aromatic carbocycles. The maximum Gasteiger partial charge on any atom is 0.188 e. The van der Waals surface area contributed by atoms with E-state index < -0.39 is 36.4 Å². The quantitative estimate of drug-likeness (QED) is 0.504. The number of aliphatic hydroxyl groups is 1. The van der Waals surface area contributed by atoms with E-state index in [4.69, 9.17) is 24.5 Å². The highest BCUT2D eigenvalue weighted by molar-refractivity contribution is 5.13. The fraction of sp³-hybridized carbons (Fsp3) is 0.625. The second-order valence-electron chi connectivity index (χ2n) is 6.33.